The second kappa shape index (κ2) is 7.05. The molecular formula is C17H20BrNO2. The third-order valence-corrected chi connectivity index (χ3v) is 3.96. The van der Waals surface area contributed by atoms with Crippen molar-refractivity contribution in [2.75, 3.05) is 20.3 Å². The zero-order valence-electron chi connectivity index (χ0n) is 12.6. The average Bonchev–Trinajstić information content (AvgIpc) is 2.46. The first-order chi connectivity index (χ1) is 10.0. The van der Waals surface area contributed by atoms with Crippen LogP contribution in [0.15, 0.2) is 40.9 Å². The van der Waals surface area contributed by atoms with E-state index in [4.69, 9.17) is 4.74 Å². The lowest BCUT2D eigenvalue weighted by Crippen LogP contribution is -2.39. The van der Waals surface area contributed by atoms with Gasteiger partial charge in [0.2, 0.25) is 0 Å². The SMILES string of the molecule is COCCN(C(=O)c1ccc2cc(Br)ccc2c1)C(C)C. The Kier molecular flexibility index (Phi) is 5.37. The number of carbonyl (C=O) groups excluding carboxylic acids is 1. The van der Waals surface area contributed by atoms with Gasteiger partial charge in [-0.2, -0.15) is 0 Å². The highest BCUT2D eigenvalue weighted by molar-refractivity contribution is 9.10. The second-order valence-corrected chi connectivity index (χ2v) is 6.21. The lowest BCUT2D eigenvalue weighted by molar-refractivity contribution is 0.0635. The van der Waals surface area contributed by atoms with E-state index in [0.29, 0.717) is 13.2 Å². The van der Waals surface area contributed by atoms with Gasteiger partial charge < -0.3 is 9.64 Å². The fraction of sp³-hybridized carbons (Fsp3) is 0.353. The van der Waals surface area contributed by atoms with E-state index < -0.39 is 0 Å². The highest BCUT2D eigenvalue weighted by atomic mass is 79.9. The minimum Gasteiger partial charge on any atom is -0.383 e. The van der Waals surface area contributed by atoms with Crippen LogP contribution in [0.5, 0.6) is 0 Å². The summed E-state index contributed by atoms with van der Waals surface area (Å²) in [7, 11) is 1.65. The summed E-state index contributed by atoms with van der Waals surface area (Å²) in [6.07, 6.45) is 0. The first-order valence-electron chi connectivity index (χ1n) is 7.02. The number of methoxy groups -OCH3 is 1. The number of benzene rings is 2. The predicted octanol–water partition coefficient (Wildman–Crippen LogP) is 4.10. The topological polar surface area (TPSA) is 29.5 Å². The molecule has 21 heavy (non-hydrogen) atoms. The zero-order chi connectivity index (χ0) is 15.4. The molecule has 0 N–H and O–H groups in total. The van der Waals surface area contributed by atoms with Gasteiger partial charge in [-0.25, -0.2) is 0 Å². The van der Waals surface area contributed by atoms with Crippen molar-refractivity contribution in [3.63, 3.8) is 0 Å². The van der Waals surface area contributed by atoms with E-state index in [0.717, 1.165) is 20.8 Å². The van der Waals surface area contributed by atoms with Crippen LogP contribution in [-0.2, 0) is 4.74 Å². The third-order valence-electron chi connectivity index (χ3n) is 3.47. The van der Waals surface area contributed by atoms with Crippen LogP contribution in [0.3, 0.4) is 0 Å². The van der Waals surface area contributed by atoms with Crippen molar-refractivity contribution in [2.45, 2.75) is 19.9 Å². The van der Waals surface area contributed by atoms with Crippen molar-refractivity contribution in [3.05, 3.63) is 46.4 Å². The maximum atomic E-state index is 12.7. The van der Waals surface area contributed by atoms with Gasteiger partial charge in [0, 0.05) is 29.7 Å². The lowest BCUT2D eigenvalue weighted by Gasteiger charge is -2.26. The van der Waals surface area contributed by atoms with Crippen LogP contribution in [-0.4, -0.2) is 37.1 Å². The number of carbonyl (C=O) groups is 1. The largest absolute Gasteiger partial charge is 0.383 e. The van der Waals surface area contributed by atoms with Crippen LogP contribution in [0.1, 0.15) is 24.2 Å². The number of rotatable bonds is 5. The first kappa shape index (κ1) is 16.0. The van der Waals surface area contributed by atoms with Gasteiger partial charge in [0.15, 0.2) is 0 Å². The number of ether oxygens (including phenoxy) is 1. The molecule has 2 aromatic carbocycles. The number of hydrogen-bond donors (Lipinski definition) is 0. The molecule has 0 unspecified atom stereocenters. The molecule has 112 valence electrons. The van der Waals surface area contributed by atoms with Gasteiger partial charge in [-0.3, -0.25) is 4.79 Å². The highest BCUT2D eigenvalue weighted by Gasteiger charge is 2.18. The Morgan fingerprint density at radius 1 is 1.19 bits per heavy atom. The van der Waals surface area contributed by atoms with E-state index in [2.05, 4.69) is 22.0 Å². The highest BCUT2D eigenvalue weighted by Crippen LogP contribution is 2.22. The summed E-state index contributed by atoms with van der Waals surface area (Å²) in [5.74, 6) is 0.0480. The molecule has 4 heteroatoms. The van der Waals surface area contributed by atoms with E-state index in [1.165, 1.54) is 0 Å². The predicted molar refractivity (Wildman–Crippen MR) is 89.7 cm³/mol. The minimum atomic E-state index is 0.0480. The molecule has 0 aliphatic heterocycles. The fourth-order valence-corrected chi connectivity index (χ4v) is 2.68. The molecule has 2 rings (SSSR count). The molecule has 3 nitrogen and oxygen atoms in total. The van der Waals surface area contributed by atoms with E-state index >= 15 is 0 Å². The molecule has 0 bridgehead atoms. The van der Waals surface area contributed by atoms with Gasteiger partial charge in [0.05, 0.1) is 6.61 Å². The summed E-state index contributed by atoms with van der Waals surface area (Å²) >= 11 is 3.46. The van der Waals surface area contributed by atoms with E-state index in [1.54, 1.807) is 7.11 Å². The summed E-state index contributed by atoms with van der Waals surface area (Å²) < 4.78 is 6.13. The fourth-order valence-electron chi connectivity index (χ4n) is 2.30. The second-order valence-electron chi connectivity index (χ2n) is 5.29. The molecule has 0 aliphatic carbocycles. The molecule has 0 fully saturated rings. The standard InChI is InChI=1S/C17H20BrNO2/c1-12(2)19(8-9-21-3)17(20)15-5-4-14-11-16(18)7-6-13(14)10-15/h4-7,10-12H,8-9H2,1-3H3. The number of fused-ring (bicyclic) bond motifs is 1. The first-order valence-corrected chi connectivity index (χ1v) is 7.81. The van der Waals surface area contributed by atoms with Gasteiger partial charge >= 0.3 is 0 Å². The smallest absolute Gasteiger partial charge is 0.254 e. The molecule has 0 spiro atoms. The molecular weight excluding hydrogens is 330 g/mol. The van der Waals surface area contributed by atoms with Crippen LogP contribution in [0, 0.1) is 0 Å². The molecule has 0 aliphatic rings. The molecule has 0 atom stereocenters. The van der Waals surface area contributed by atoms with Crippen LogP contribution in [0.2, 0.25) is 0 Å². The Hall–Kier alpha value is -1.39. The van der Waals surface area contributed by atoms with Gasteiger partial charge in [0.25, 0.3) is 5.91 Å². The Morgan fingerprint density at radius 3 is 2.52 bits per heavy atom. The number of hydrogen-bond acceptors (Lipinski definition) is 2. The zero-order valence-corrected chi connectivity index (χ0v) is 14.2. The van der Waals surface area contributed by atoms with Crippen LogP contribution < -0.4 is 0 Å². The summed E-state index contributed by atoms with van der Waals surface area (Å²) in [6.45, 7) is 5.19. The molecule has 2 aromatic rings. The maximum absolute atomic E-state index is 12.7. The van der Waals surface area contributed by atoms with Crippen LogP contribution in [0.4, 0.5) is 0 Å². The van der Waals surface area contributed by atoms with Gasteiger partial charge in [0.1, 0.15) is 0 Å². The van der Waals surface area contributed by atoms with Crippen molar-refractivity contribution in [1.82, 2.24) is 4.90 Å². The Balaban J connectivity index is 2.31. The molecule has 0 saturated carbocycles. The monoisotopic (exact) mass is 349 g/mol. The maximum Gasteiger partial charge on any atom is 0.254 e. The van der Waals surface area contributed by atoms with E-state index in [9.17, 15) is 4.79 Å². The normalized spacial score (nSPS) is 11.1. The lowest BCUT2D eigenvalue weighted by atomic mass is 10.1. The number of amides is 1. The summed E-state index contributed by atoms with van der Waals surface area (Å²) in [5.41, 5.74) is 0.717. The van der Waals surface area contributed by atoms with Crippen molar-refractivity contribution in [2.24, 2.45) is 0 Å². The Morgan fingerprint density at radius 2 is 1.86 bits per heavy atom. The number of nitrogens with zero attached hydrogens (tertiary/aromatic N) is 1. The molecule has 0 saturated heterocycles. The molecule has 0 radical (unpaired) electrons. The summed E-state index contributed by atoms with van der Waals surface area (Å²) in [6, 6.07) is 12.0. The van der Waals surface area contributed by atoms with Crippen molar-refractivity contribution in [1.29, 1.82) is 0 Å². The summed E-state index contributed by atoms with van der Waals surface area (Å²) in [5, 5.41) is 2.19. The van der Waals surface area contributed by atoms with E-state index in [1.807, 2.05) is 49.1 Å². The summed E-state index contributed by atoms with van der Waals surface area (Å²) in [4.78, 5) is 14.5. The van der Waals surface area contributed by atoms with Crippen molar-refractivity contribution in [3.8, 4) is 0 Å². The molecule has 0 aromatic heterocycles. The van der Waals surface area contributed by atoms with Gasteiger partial charge in [-0.15, -0.1) is 0 Å². The average molecular weight is 350 g/mol. The van der Waals surface area contributed by atoms with Gasteiger partial charge in [-0.05, 0) is 48.9 Å². The quantitative estimate of drug-likeness (QED) is 0.813. The molecule has 1 amide bonds. The molecule has 0 heterocycles. The van der Waals surface area contributed by atoms with E-state index in [-0.39, 0.29) is 11.9 Å². The number of halogens is 1. The minimum absolute atomic E-state index is 0.0480. The van der Waals surface area contributed by atoms with Gasteiger partial charge in [-0.1, -0.05) is 28.1 Å². The van der Waals surface area contributed by atoms with Crippen LogP contribution in [0.25, 0.3) is 10.8 Å². The third kappa shape index (κ3) is 3.83. The van der Waals surface area contributed by atoms with Crippen LogP contribution >= 0.6 is 15.9 Å². The Labute approximate surface area is 134 Å². The van der Waals surface area contributed by atoms with Crippen molar-refractivity contribution < 1.29 is 9.53 Å². The Bertz CT molecular complexity index is 640. The van der Waals surface area contributed by atoms with Crippen molar-refractivity contribution >= 4 is 32.6 Å².